The number of aliphatic hydroxyl groups is 2. The van der Waals surface area contributed by atoms with Crippen molar-refractivity contribution in [2.24, 2.45) is 5.92 Å². The summed E-state index contributed by atoms with van der Waals surface area (Å²) in [5.74, 6) is -1.70. The van der Waals surface area contributed by atoms with Crippen LogP contribution in [-0.4, -0.2) is 55.8 Å². The first-order valence-electron chi connectivity index (χ1n) is 13.7. The van der Waals surface area contributed by atoms with Crippen LogP contribution in [0.3, 0.4) is 0 Å². The highest BCUT2D eigenvalue weighted by Gasteiger charge is 2.52. The molecule has 2 aliphatic rings. The van der Waals surface area contributed by atoms with Crippen LogP contribution < -0.4 is 9.80 Å². The largest absolute Gasteiger partial charge is 0.441 e. The number of aliphatic hydroxyl groups excluding tert-OH is 1. The molecule has 220 valence electrons. The lowest BCUT2D eigenvalue weighted by molar-refractivity contribution is -0.153. The summed E-state index contributed by atoms with van der Waals surface area (Å²) in [7, 11) is 0. The molecule has 2 aromatic carbocycles. The fourth-order valence-electron chi connectivity index (χ4n) is 5.37. The molecule has 3 heterocycles. The van der Waals surface area contributed by atoms with Crippen molar-refractivity contribution in [1.82, 2.24) is 15.0 Å². The second kappa shape index (κ2) is 12.0. The second-order valence-corrected chi connectivity index (χ2v) is 10.9. The van der Waals surface area contributed by atoms with E-state index in [-0.39, 0.29) is 25.5 Å². The van der Waals surface area contributed by atoms with Gasteiger partial charge >= 0.3 is 5.97 Å². The molecule has 2 N–H and O–H groups in total. The monoisotopic (exact) mass is 593 g/mol. The van der Waals surface area contributed by atoms with Crippen LogP contribution in [0.1, 0.15) is 43.5 Å². The predicted molar refractivity (Wildman–Crippen MR) is 154 cm³/mol. The molecule has 1 unspecified atom stereocenters. The minimum Gasteiger partial charge on any atom is -0.441 e. The van der Waals surface area contributed by atoms with E-state index >= 15 is 0 Å². The van der Waals surface area contributed by atoms with E-state index in [0.29, 0.717) is 47.0 Å². The third kappa shape index (κ3) is 5.67. The van der Waals surface area contributed by atoms with Crippen molar-refractivity contribution in [2.45, 2.75) is 58.0 Å². The van der Waals surface area contributed by atoms with Crippen LogP contribution in [0, 0.1) is 5.92 Å². The van der Waals surface area contributed by atoms with Crippen molar-refractivity contribution in [3.8, 4) is 0 Å². The fraction of sp³-hybridized carbons (Fsp3) is 0.367. The molecular formula is C30H32ClN5O6. The number of anilines is 2. The molecule has 42 heavy (non-hydrogen) atoms. The zero-order valence-corrected chi connectivity index (χ0v) is 24.1. The van der Waals surface area contributed by atoms with Crippen LogP contribution >= 0.6 is 11.6 Å². The molecule has 0 aliphatic carbocycles. The average molecular weight is 594 g/mol. The van der Waals surface area contributed by atoms with Crippen molar-refractivity contribution in [3.05, 3.63) is 82.7 Å². The smallest absolute Gasteiger partial charge is 0.304 e. The molecule has 0 bridgehead atoms. The standard InChI is InChI=1S/C30H32ClN5O6/c1-19(6-3-4-12-34-18-23(11-13-37)32-33-34)30(41)25-15-22(31)9-10-26(25)35(29(30)40)17-21-7-5-8-24(14-21)36-27(39)16-28(36)42-20(2)38/h3,5-10,14-15,18-19,28,37,41H,4,11-13,16-17H2,1-2H3/b6-3+/t19-,28?,30+/m1/s1. The molecule has 3 aromatic rings. The van der Waals surface area contributed by atoms with Gasteiger partial charge in [-0.1, -0.05) is 48.0 Å². The molecule has 11 nitrogen and oxygen atoms in total. The van der Waals surface area contributed by atoms with Crippen molar-refractivity contribution in [3.63, 3.8) is 0 Å². The summed E-state index contributed by atoms with van der Waals surface area (Å²) < 4.78 is 6.92. The molecule has 3 atom stereocenters. The molecule has 12 heteroatoms. The maximum absolute atomic E-state index is 13.9. The van der Waals surface area contributed by atoms with Gasteiger partial charge in [-0.15, -0.1) is 5.10 Å². The Labute approximate surface area is 247 Å². The van der Waals surface area contributed by atoms with Gasteiger partial charge in [0.1, 0.15) is 0 Å². The number of carbonyl (C=O) groups excluding carboxylic acids is 3. The van der Waals surface area contributed by atoms with Crippen LogP contribution in [0.25, 0.3) is 0 Å². The quantitative estimate of drug-likeness (QED) is 0.196. The number of allylic oxidation sites excluding steroid dienone is 1. The molecule has 2 aliphatic heterocycles. The summed E-state index contributed by atoms with van der Waals surface area (Å²) in [4.78, 5) is 40.6. The maximum Gasteiger partial charge on any atom is 0.304 e. The molecular weight excluding hydrogens is 562 g/mol. The number of ether oxygens (including phenoxy) is 1. The Morgan fingerprint density at radius 1 is 1.26 bits per heavy atom. The van der Waals surface area contributed by atoms with Crippen molar-refractivity contribution in [2.75, 3.05) is 16.4 Å². The molecule has 5 rings (SSSR count). The summed E-state index contributed by atoms with van der Waals surface area (Å²) in [5.41, 5.74) is 1.12. The number of halogens is 1. The highest BCUT2D eigenvalue weighted by Crippen LogP contribution is 2.47. The van der Waals surface area contributed by atoms with Gasteiger partial charge in [0.05, 0.1) is 24.3 Å². The van der Waals surface area contributed by atoms with Gasteiger partial charge in [-0.25, -0.2) is 0 Å². The van der Waals surface area contributed by atoms with Gasteiger partial charge < -0.3 is 19.8 Å². The van der Waals surface area contributed by atoms with Crippen molar-refractivity contribution in [1.29, 1.82) is 0 Å². The Morgan fingerprint density at radius 2 is 2.07 bits per heavy atom. The summed E-state index contributed by atoms with van der Waals surface area (Å²) in [6.07, 6.45) is 5.97. The zero-order valence-electron chi connectivity index (χ0n) is 23.3. The first-order chi connectivity index (χ1) is 20.1. The lowest BCUT2D eigenvalue weighted by atomic mass is 9.83. The van der Waals surface area contributed by atoms with E-state index in [2.05, 4.69) is 10.3 Å². The van der Waals surface area contributed by atoms with Crippen LogP contribution in [0.15, 0.2) is 60.8 Å². The lowest BCUT2D eigenvalue weighted by Gasteiger charge is -2.39. The van der Waals surface area contributed by atoms with E-state index in [9.17, 15) is 19.5 Å². The topological polar surface area (TPSA) is 138 Å². The molecule has 0 saturated carbocycles. The number of rotatable bonds is 11. The molecule has 1 saturated heterocycles. The van der Waals surface area contributed by atoms with Gasteiger partial charge in [0, 0.05) is 54.9 Å². The number of nitrogens with zero attached hydrogens (tertiary/aromatic N) is 5. The van der Waals surface area contributed by atoms with Crippen LogP contribution in [0.2, 0.25) is 5.02 Å². The predicted octanol–water partition coefficient (Wildman–Crippen LogP) is 3.11. The Hall–Kier alpha value is -4.06. The molecule has 0 radical (unpaired) electrons. The summed E-state index contributed by atoms with van der Waals surface area (Å²) in [6, 6.07) is 12.1. The SMILES string of the molecule is CC(=O)OC1CC(=O)N1c1cccc(CN2C(=O)[C@](O)([C@H](C)/C=C/CCn3cc(CCO)nn3)c3cc(Cl)ccc32)c1. The normalized spacial score (nSPS) is 20.6. The minimum absolute atomic E-state index is 0.00529. The van der Waals surface area contributed by atoms with Crippen LogP contribution in [-0.2, 0) is 44.2 Å². The summed E-state index contributed by atoms with van der Waals surface area (Å²) in [5, 5.41) is 29.4. The molecule has 0 spiro atoms. The number of hydrogen-bond acceptors (Lipinski definition) is 8. The Kier molecular flexibility index (Phi) is 8.44. The highest BCUT2D eigenvalue weighted by atomic mass is 35.5. The Morgan fingerprint density at radius 3 is 2.81 bits per heavy atom. The number of esters is 1. The van der Waals surface area contributed by atoms with E-state index in [1.807, 2.05) is 18.2 Å². The third-order valence-corrected chi connectivity index (χ3v) is 7.77. The highest BCUT2D eigenvalue weighted by molar-refractivity contribution is 6.31. The average Bonchev–Trinajstić information content (AvgIpc) is 3.47. The van der Waals surface area contributed by atoms with Crippen LogP contribution in [0.5, 0.6) is 0 Å². The number of amides is 2. The number of aromatic nitrogens is 3. The van der Waals surface area contributed by atoms with Gasteiger partial charge in [0.2, 0.25) is 5.91 Å². The van der Waals surface area contributed by atoms with Gasteiger partial charge in [0.15, 0.2) is 11.8 Å². The van der Waals surface area contributed by atoms with E-state index < -0.39 is 29.6 Å². The first-order valence-corrected chi connectivity index (χ1v) is 14.1. The van der Waals surface area contributed by atoms with Gasteiger partial charge in [-0.05, 0) is 42.3 Å². The third-order valence-electron chi connectivity index (χ3n) is 7.53. The van der Waals surface area contributed by atoms with E-state index in [0.717, 1.165) is 5.56 Å². The number of hydrogen-bond donors (Lipinski definition) is 2. The molecule has 1 fully saturated rings. The Balaban J connectivity index is 1.34. The summed E-state index contributed by atoms with van der Waals surface area (Å²) in [6.45, 7) is 3.78. The molecule has 1 aromatic heterocycles. The van der Waals surface area contributed by atoms with E-state index in [1.54, 1.807) is 54.2 Å². The lowest BCUT2D eigenvalue weighted by Crippen LogP contribution is -2.54. The van der Waals surface area contributed by atoms with Crippen molar-refractivity contribution < 1.29 is 29.3 Å². The summed E-state index contributed by atoms with van der Waals surface area (Å²) >= 11 is 6.31. The second-order valence-electron chi connectivity index (χ2n) is 10.5. The van der Waals surface area contributed by atoms with Gasteiger partial charge in [-0.3, -0.25) is 24.0 Å². The van der Waals surface area contributed by atoms with E-state index in [4.69, 9.17) is 21.4 Å². The first kappa shape index (κ1) is 29.4. The van der Waals surface area contributed by atoms with Gasteiger partial charge in [0.25, 0.3) is 5.91 Å². The number of fused-ring (bicyclic) bond motifs is 1. The number of β-lactam (4-membered cyclic amide) rings is 1. The fourth-order valence-corrected chi connectivity index (χ4v) is 5.54. The van der Waals surface area contributed by atoms with Crippen LogP contribution in [0.4, 0.5) is 11.4 Å². The number of benzene rings is 2. The maximum atomic E-state index is 13.9. The Bertz CT molecular complexity index is 1540. The number of aryl methyl sites for hydroxylation is 1. The van der Waals surface area contributed by atoms with E-state index in [1.165, 1.54) is 16.7 Å². The minimum atomic E-state index is -1.84. The van der Waals surface area contributed by atoms with Crippen molar-refractivity contribution >= 4 is 40.8 Å². The number of carbonyl (C=O) groups is 3. The zero-order chi connectivity index (χ0) is 30.0. The molecule has 2 amide bonds. The van der Waals surface area contributed by atoms with Gasteiger partial charge in [-0.2, -0.15) is 0 Å².